The van der Waals surface area contributed by atoms with Crippen molar-refractivity contribution >= 4 is 35.3 Å². The number of carbonyl (C=O) groups is 1. The monoisotopic (exact) mass is 383 g/mol. The average molecular weight is 384 g/mol. The van der Waals surface area contributed by atoms with Crippen molar-refractivity contribution in [1.29, 1.82) is 0 Å². The molecule has 0 radical (unpaired) electrons. The van der Waals surface area contributed by atoms with Gasteiger partial charge in [-0.1, -0.05) is 72.0 Å². The van der Waals surface area contributed by atoms with Crippen LogP contribution in [0.15, 0.2) is 60.7 Å². The topological polar surface area (TPSA) is 60.0 Å². The third-order valence-electron chi connectivity index (χ3n) is 4.25. The van der Waals surface area contributed by atoms with E-state index in [0.717, 1.165) is 12.0 Å². The highest BCUT2D eigenvalue weighted by molar-refractivity contribution is 7.73. The molecule has 3 rings (SSSR count). The van der Waals surface area contributed by atoms with E-state index in [9.17, 15) is 4.79 Å². The number of aromatic nitrogens is 1. The molecule has 2 aromatic carbocycles. The fraction of sp³-hybridized carbons (Fsp3) is 0.200. The van der Waals surface area contributed by atoms with Crippen molar-refractivity contribution in [3.05, 3.63) is 80.6 Å². The lowest BCUT2D eigenvalue weighted by Crippen LogP contribution is -2.26. The maximum atomic E-state index is 12.6. The average Bonchev–Trinajstić information content (AvgIpc) is 2.95. The normalized spacial score (nSPS) is 11.9. The molecule has 0 fully saturated rings. The second-order valence-corrected chi connectivity index (χ2v) is 7.72. The van der Waals surface area contributed by atoms with Crippen LogP contribution in [-0.2, 0) is 13.0 Å². The highest BCUT2D eigenvalue weighted by Crippen LogP contribution is 2.24. The molecular formula is C20H21N3OS2. The van der Waals surface area contributed by atoms with E-state index in [1.54, 1.807) is 0 Å². The molecule has 0 saturated carbocycles. The number of thiazole rings is 1. The molecule has 4 nitrogen and oxygen atoms in total. The summed E-state index contributed by atoms with van der Waals surface area (Å²) in [5.74, 6) is 0.252. The smallest absolute Gasteiger partial charge is 0.265 e. The molecular weight excluding hydrogens is 362 g/mol. The molecule has 0 aliphatic carbocycles. The lowest BCUT2D eigenvalue weighted by atomic mass is 10.1. The molecule has 1 amide bonds. The van der Waals surface area contributed by atoms with Crippen molar-refractivity contribution in [1.82, 2.24) is 9.88 Å². The molecule has 1 atom stereocenters. The van der Waals surface area contributed by atoms with Gasteiger partial charge in [-0.2, -0.15) is 0 Å². The Morgan fingerprint density at radius 2 is 1.77 bits per heavy atom. The minimum atomic E-state index is -0.187. The van der Waals surface area contributed by atoms with E-state index in [4.69, 9.17) is 18.0 Å². The number of aryl methyl sites for hydroxylation is 1. The van der Waals surface area contributed by atoms with Crippen molar-refractivity contribution < 1.29 is 4.79 Å². The van der Waals surface area contributed by atoms with E-state index in [2.05, 4.69) is 17.4 Å². The molecule has 0 saturated heterocycles. The summed E-state index contributed by atoms with van der Waals surface area (Å²) >= 11 is 6.69. The van der Waals surface area contributed by atoms with Crippen LogP contribution in [0.25, 0.3) is 0 Å². The van der Waals surface area contributed by atoms with Gasteiger partial charge in [-0.3, -0.25) is 4.79 Å². The van der Waals surface area contributed by atoms with Gasteiger partial charge < -0.3 is 15.6 Å². The summed E-state index contributed by atoms with van der Waals surface area (Å²) in [5, 5.41) is 3.00. The number of nitrogens with zero attached hydrogens (tertiary/aromatic N) is 1. The van der Waals surface area contributed by atoms with Crippen LogP contribution >= 0.6 is 23.6 Å². The molecule has 0 aliphatic rings. The van der Waals surface area contributed by atoms with Crippen LogP contribution in [0.1, 0.15) is 33.8 Å². The number of benzene rings is 2. The lowest BCUT2D eigenvalue weighted by molar-refractivity contribution is 0.0944. The first-order chi connectivity index (χ1) is 12.6. The lowest BCUT2D eigenvalue weighted by Gasteiger charge is -2.14. The van der Waals surface area contributed by atoms with Crippen LogP contribution in [-0.4, -0.2) is 10.5 Å². The van der Waals surface area contributed by atoms with Gasteiger partial charge in [0, 0.05) is 6.54 Å². The highest BCUT2D eigenvalue weighted by atomic mass is 32.1. The molecule has 3 N–H and O–H groups in total. The Morgan fingerprint density at radius 1 is 1.15 bits per heavy atom. The fourth-order valence-electron chi connectivity index (χ4n) is 2.76. The fourth-order valence-corrected chi connectivity index (χ4v) is 4.04. The maximum Gasteiger partial charge on any atom is 0.265 e. The van der Waals surface area contributed by atoms with Gasteiger partial charge in [-0.05, 0) is 36.7 Å². The zero-order valence-electron chi connectivity index (χ0n) is 14.5. The van der Waals surface area contributed by atoms with Crippen LogP contribution in [0.5, 0.6) is 0 Å². The molecule has 1 aromatic heterocycles. The molecule has 0 aliphatic heterocycles. The van der Waals surface area contributed by atoms with Crippen molar-refractivity contribution in [3.63, 3.8) is 0 Å². The minimum Gasteiger partial charge on any atom is -0.384 e. The number of nitrogens with one attached hydrogen (secondary N) is 1. The number of nitrogens with two attached hydrogens (primary N) is 1. The quantitative estimate of drug-likeness (QED) is 0.612. The first-order valence-corrected chi connectivity index (χ1v) is 9.67. The summed E-state index contributed by atoms with van der Waals surface area (Å²) in [6.07, 6.45) is 0.817. The standard InChI is InChI=1S/C20H21N3OS2/c1-14(16-10-6-3-7-11-16)22-19(24)17-18(21)23(20(25)26-17)13-12-15-8-4-2-5-9-15/h2-11,14H,12-13,21H2,1H3,(H,22,24)/t14-/m1/s1. The second-order valence-electron chi connectivity index (χ2n) is 6.08. The Labute approximate surface area is 162 Å². The van der Waals surface area contributed by atoms with Gasteiger partial charge in [0.15, 0.2) is 3.95 Å². The molecule has 0 bridgehead atoms. The third kappa shape index (κ3) is 4.20. The number of rotatable bonds is 6. The summed E-state index contributed by atoms with van der Waals surface area (Å²) in [4.78, 5) is 13.1. The maximum absolute atomic E-state index is 12.6. The summed E-state index contributed by atoms with van der Waals surface area (Å²) in [5.41, 5.74) is 8.49. The molecule has 0 unspecified atom stereocenters. The number of hydrogen-bond donors (Lipinski definition) is 2. The first kappa shape index (κ1) is 18.4. The van der Waals surface area contributed by atoms with Crippen molar-refractivity contribution in [2.75, 3.05) is 5.73 Å². The minimum absolute atomic E-state index is 0.100. The van der Waals surface area contributed by atoms with Gasteiger partial charge in [0.05, 0.1) is 6.04 Å². The van der Waals surface area contributed by atoms with Gasteiger partial charge in [0.25, 0.3) is 5.91 Å². The van der Waals surface area contributed by atoms with Crippen LogP contribution in [0.4, 0.5) is 5.82 Å². The van der Waals surface area contributed by atoms with Crippen LogP contribution in [0.3, 0.4) is 0 Å². The van der Waals surface area contributed by atoms with E-state index in [1.807, 2.05) is 60.0 Å². The van der Waals surface area contributed by atoms with Gasteiger partial charge in [0.1, 0.15) is 10.7 Å². The van der Waals surface area contributed by atoms with E-state index >= 15 is 0 Å². The molecule has 6 heteroatoms. The molecule has 0 spiro atoms. The Balaban J connectivity index is 1.72. The zero-order chi connectivity index (χ0) is 18.5. The Morgan fingerprint density at radius 3 is 2.42 bits per heavy atom. The molecule has 134 valence electrons. The Kier molecular flexibility index (Phi) is 5.85. The summed E-state index contributed by atoms with van der Waals surface area (Å²) in [6.45, 7) is 2.61. The predicted octanol–water partition coefficient (Wildman–Crippen LogP) is 4.59. The van der Waals surface area contributed by atoms with E-state index in [1.165, 1.54) is 16.9 Å². The van der Waals surface area contributed by atoms with Crippen LogP contribution < -0.4 is 11.1 Å². The predicted molar refractivity (Wildman–Crippen MR) is 110 cm³/mol. The van der Waals surface area contributed by atoms with Crippen LogP contribution in [0, 0.1) is 3.95 Å². The number of nitrogen functional groups attached to an aromatic ring is 1. The molecule has 3 aromatic rings. The Bertz CT molecular complexity index is 933. The number of carbonyl (C=O) groups excluding carboxylic acids is 1. The van der Waals surface area contributed by atoms with Gasteiger partial charge >= 0.3 is 0 Å². The van der Waals surface area contributed by atoms with E-state index in [-0.39, 0.29) is 11.9 Å². The largest absolute Gasteiger partial charge is 0.384 e. The first-order valence-electron chi connectivity index (χ1n) is 8.45. The zero-order valence-corrected chi connectivity index (χ0v) is 16.1. The number of anilines is 1. The summed E-state index contributed by atoms with van der Waals surface area (Å²) in [6, 6.07) is 19.9. The van der Waals surface area contributed by atoms with Gasteiger partial charge in [-0.15, -0.1) is 0 Å². The van der Waals surface area contributed by atoms with Crippen molar-refractivity contribution in [3.8, 4) is 0 Å². The Hall–Kier alpha value is -2.44. The summed E-state index contributed by atoms with van der Waals surface area (Å²) < 4.78 is 2.46. The highest BCUT2D eigenvalue weighted by Gasteiger charge is 2.19. The van der Waals surface area contributed by atoms with Gasteiger partial charge in [0.2, 0.25) is 0 Å². The molecule has 26 heavy (non-hydrogen) atoms. The van der Waals surface area contributed by atoms with Crippen molar-refractivity contribution in [2.45, 2.75) is 25.9 Å². The van der Waals surface area contributed by atoms with E-state index in [0.29, 0.717) is 21.2 Å². The molecule has 1 heterocycles. The second kappa shape index (κ2) is 8.29. The summed E-state index contributed by atoms with van der Waals surface area (Å²) in [7, 11) is 0. The van der Waals surface area contributed by atoms with Crippen molar-refractivity contribution in [2.24, 2.45) is 0 Å². The van der Waals surface area contributed by atoms with E-state index < -0.39 is 0 Å². The third-order valence-corrected chi connectivity index (χ3v) is 5.72. The van der Waals surface area contributed by atoms with Crippen LogP contribution in [0.2, 0.25) is 0 Å². The number of amides is 1. The SMILES string of the molecule is C[C@@H](NC(=O)c1sc(=S)n(CCc2ccccc2)c1N)c1ccccc1. The van der Waals surface area contributed by atoms with Gasteiger partial charge in [-0.25, -0.2) is 0 Å². The number of hydrogen-bond acceptors (Lipinski definition) is 4.